The molecular weight excluding hydrogens is 311 g/mol. The molecule has 0 radical (unpaired) electrons. The van der Waals surface area contributed by atoms with Gasteiger partial charge in [0.25, 0.3) is 5.91 Å². The van der Waals surface area contributed by atoms with Crippen LogP contribution in [0.25, 0.3) is 0 Å². The van der Waals surface area contributed by atoms with Crippen molar-refractivity contribution in [2.45, 2.75) is 31.7 Å². The molecule has 1 amide bonds. The molecule has 2 aliphatic heterocycles. The lowest BCUT2D eigenvalue weighted by molar-refractivity contribution is 0.0771. The molecule has 1 unspecified atom stereocenters. The number of likely N-dealkylation sites (tertiary alicyclic amines) is 2. The summed E-state index contributed by atoms with van der Waals surface area (Å²) in [4.78, 5) is 16.9. The van der Waals surface area contributed by atoms with Gasteiger partial charge < -0.3 is 4.90 Å². The normalized spacial score (nSPS) is 23.5. The molecule has 7 heteroatoms. The summed E-state index contributed by atoms with van der Waals surface area (Å²) in [5.74, 6) is -0.101. The van der Waals surface area contributed by atoms with E-state index in [0.717, 1.165) is 32.6 Å². The van der Waals surface area contributed by atoms with Gasteiger partial charge in [0.15, 0.2) is 10.3 Å². The molecule has 3 rings (SSSR count). The molecule has 1 aromatic rings. The van der Waals surface area contributed by atoms with Crippen LogP contribution in [0.1, 0.15) is 36.0 Å². The van der Waals surface area contributed by atoms with Gasteiger partial charge in [0.05, 0.1) is 5.56 Å². The monoisotopic (exact) mass is 328 g/mol. The predicted octanol–water partition coefficient (Wildman–Crippen LogP) is 2.48. The number of piperidine rings is 1. The van der Waals surface area contributed by atoms with Crippen molar-refractivity contribution in [3.8, 4) is 0 Å². The molecule has 3 heterocycles. The average molecular weight is 329 g/mol. The van der Waals surface area contributed by atoms with Gasteiger partial charge in [-0.3, -0.25) is 9.69 Å². The number of hydrogen-bond donors (Lipinski definition) is 0. The highest BCUT2D eigenvalue weighted by molar-refractivity contribution is 6.34. The summed E-state index contributed by atoms with van der Waals surface area (Å²) in [6.45, 7) is 3.82. The molecule has 2 fully saturated rings. The third-order valence-electron chi connectivity index (χ3n) is 4.31. The summed E-state index contributed by atoms with van der Waals surface area (Å²) in [5.41, 5.74) is 0.343. The van der Waals surface area contributed by atoms with Crippen LogP contribution in [0.4, 0.5) is 0 Å². The number of carbonyl (C=O) groups excluding carboxylic acids is 1. The van der Waals surface area contributed by atoms with Gasteiger partial charge in [-0.2, -0.15) is 0 Å². The molecule has 0 aromatic carbocycles. The van der Waals surface area contributed by atoms with E-state index >= 15 is 0 Å². The van der Waals surface area contributed by atoms with Gasteiger partial charge in [-0.25, -0.2) is 0 Å². The van der Waals surface area contributed by atoms with Crippen LogP contribution in [-0.2, 0) is 0 Å². The van der Waals surface area contributed by atoms with Crippen molar-refractivity contribution >= 4 is 29.1 Å². The minimum absolute atomic E-state index is 0.101. The van der Waals surface area contributed by atoms with E-state index in [9.17, 15) is 4.79 Å². The Balaban J connectivity index is 1.67. The smallest absolute Gasteiger partial charge is 0.257 e. The van der Waals surface area contributed by atoms with Crippen LogP contribution < -0.4 is 0 Å². The highest BCUT2D eigenvalue weighted by atomic mass is 35.5. The summed E-state index contributed by atoms with van der Waals surface area (Å²) in [6.07, 6.45) is 4.87. The first-order valence-electron chi connectivity index (χ1n) is 7.37. The maximum atomic E-state index is 12.5. The minimum atomic E-state index is -0.101. The van der Waals surface area contributed by atoms with Crippen LogP contribution in [0.3, 0.4) is 0 Å². The lowest BCUT2D eigenvalue weighted by Crippen LogP contribution is -2.41. The number of carbonyl (C=O) groups is 1. The molecular formula is C14H18Cl2N4O. The van der Waals surface area contributed by atoms with Crippen molar-refractivity contribution in [3.63, 3.8) is 0 Å². The van der Waals surface area contributed by atoms with E-state index < -0.39 is 0 Å². The number of aromatic nitrogens is 2. The standard InChI is InChI=1S/C14H18Cl2N4O/c15-12-8-11(13(16)18-17-12)14(21)20-7-4-10(9-20)19-5-2-1-3-6-19/h8,10H,1-7,9H2. The third-order valence-corrected chi connectivity index (χ3v) is 4.77. The Hall–Kier alpha value is -0.910. The SMILES string of the molecule is O=C(c1cc(Cl)nnc1Cl)N1CCC(N2CCCCC2)C1. The Morgan fingerprint density at radius 2 is 1.90 bits per heavy atom. The van der Waals surface area contributed by atoms with E-state index in [1.54, 1.807) is 0 Å². The van der Waals surface area contributed by atoms with Gasteiger partial charge in [0.1, 0.15) is 0 Å². The molecule has 2 aliphatic rings. The van der Waals surface area contributed by atoms with E-state index in [1.165, 1.54) is 25.3 Å². The fraction of sp³-hybridized carbons (Fsp3) is 0.643. The molecule has 1 atom stereocenters. The minimum Gasteiger partial charge on any atom is -0.337 e. The molecule has 0 saturated carbocycles. The molecule has 2 saturated heterocycles. The van der Waals surface area contributed by atoms with Crippen molar-refractivity contribution in [1.82, 2.24) is 20.0 Å². The molecule has 0 aliphatic carbocycles. The van der Waals surface area contributed by atoms with E-state index in [-0.39, 0.29) is 16.2 Å². The van der Waals surface area contributed by atoms with Crippen molar-refractivity contribution in [3.05, 3.63) is 21.9 Å². The van der Waals surface area contributed by atoms with Gasteiger partial charge >= 0.3 is 0 Å². The van der Waals surface area contributed by atoms with Crippen molar-refractivity contribution in [2.75, 3.05) is 26.2 Å². The van der Waals surface area contributed by atoms with Crippen LogP contribution in [0, 0.1) is 0 Å². The highest BCUT2D eigenvalue weighted by Crippen LogP contribution is 2.24. The zero-order valence-electron chi connectivity index (χ0n) is 11.8. The first-order valence-corrected chi connectivity index (χ1v) is 8.13. The Morgan fingerprint density at radius 1 is 1.14 bits per heavy atom. The topological polar surface area (TPSA) is 49.3 Å². The van der Waals surface area contributed by atoms with Crippen LogP contribution in [0.15, 0.2) is 6.07 Å². The van der Waals surface area contributed by atoms with E-state index in [0.29, 0.717) is 11.6 Å². The molecule has 0 bridgehead atoms. The molecule has 114 valence electrons. The number of halogens is 2. The second kappa shape index (κ2) is 6.46. The van der Waals surface area contributed by atoms with Crippen molar-refractivity contribution < 1.29 is 4.79 Å². The zero-order valence-corrected chi connectivity index (χ0v) is 13.3. The highest BCUT2D eigenvalue weighted by Gasteiger charge is 2.32. The van der Waals surface area contributed by atoms with E-state index in [4.69, 9.17) is 23.2 Å². The molecule has 0 spiro atoms. The zero-order chi connectivity index (χ0) is 14.8. The number of amides is 1. The van der Waals surface area contributed by atoms with E-state index in [1.807, 2.05) is 4.90 Å². The largest absolute Gasteiger partial charge is 0.337 e. The Bertz CT molecular complexity index is 534. The second-order valence-corrected chi connectivity index (χ2v) is 6.41. The fourth-order valence-corrected chi connectivity index (χ4v) is 3.50. The number of hydrogen-bond acceptors (Lipinski definition) is 4. The maximum absolute atomic E-state index is 12.5. The summed E-state index contributed by atoms with van der Waals surface area (Å²) >= 11 is 11.8. The van der Waals surface area contributed by atoms with Gasteiger partial charge in [-0.1, -0.05) is 29.6 Å². The van der Waals surface area contributed by atoms with Gasteiger partial charge in [-0.05, 0) is 38.4 Å². The first kappa shape index (κ1) is 15.0. The third kappa shape index (κ3) is 3.30. The van der Waals surface area contributed by atoms with Crippen LogP contribution in [0.5, 0.6) is 0 Å². The van der Waals surface area contributed by atoms with Gasteiger partial charge in [-0.15, -0.1) is 10.2 Å². The Morgan fingerprint density at radius 3 is 2.67 bits per heavy atom. The predicted molar refractivity (Wildman–Crippen MR) is 81.8 cm³/mol. The number of rotatable bonds is 2. The van der Waals surface area contributed by atoms with Crippen LogP contribution in [-0.4, -0.2) is 58.1 Å². The Labute approximate surface area is 134 Å². The summed E-state index contributed by atoms with van der Waals surface area (Å²) < 4.78 is 0. The van der Waals surface area contributed by atoms with Crippen LogP contribution in [0.2, 0.25) is 10.3 Å². The molecule has 21 heavy (non-hydrogen) atoms. The Kier molecular flexibility index (Phi) is 4.62. The van der Waals surface area contributed by atoms with E-state index in [2.05, 4.69) is 15.1 Å². The summed E-state index contributed by atoms with van der Waals surface area (Å²) in [6, 6.07) is 1.96. The van der Waals surface area contributed by atoms with Crippen molar-refractivity contribution in [1.29, 1.82) is 0 Å². The lowest BCUT2D eigenvalue weighted by Gasteiger charge is -2.32. The second-order valence-electron chi connectivity index (χ2n) is 5.66. The molecule has 5 nitrogen and oxygen atoms in total. The van der Waals surface area contributed by atoms with Crippen molar-refractivity contribution in [2.24, 2.45) is 0 Å². The molecule has 1 aromatic heterocycles. The fourth-order valence-electron chi connectivity index (χ4n) is 3.18. The van der Waals surface area contributed by atoms with Crippen LogP contribution >= 0.6 is 23.2 Å². The average Bonchev–Trinajstić information content (AvgIpc) is 3.00. The van der Waals surface area contributed by atoms with Gasteiger partial charge in [0.2, 0.25) is 0 Å². The maximum Gasteiger partial charge on any atom is 0.257 e. The lowest BCUT2D eigenvalue weighted by atomic mass is 10.1. The molecule has 0 N–H and O–H groups in total. The summed E-state index contributed by atoms with van der Waals surface area (Å²) in [7, 11) is 0. The van der Waals surface area contributed by atoms with Gasteiger partial charge in [0, 0.05) is 19.1 Å². The quantitative estimate of drug-likeness (QED) is 0.836. The summed E-state index contributed by atoms with van der Waals surface area (Å²) in [5, 5.41) is 7.65. The number of nitrogens with zero attached hydrogens (tertiary/aromatic N) is 4. The first-order chi connectivity index (χ1) is 10.1.